The molecule has 0 N–H and O–H groups in total. The Labute approximate surface area is 135 Å². The first-order valence-corrected chi connectivity index (χ1v) is 6.92. The van der Waals surface area contributed by atoms with Crippen LogP contribution in [0.15, 0.2) is 23.9 Å². The summed E-state index contributed by atoms with van der Waals surface area (Å²) in [5, 5.41) is 0.470. The number of likely N-dealkylation sites (N-methyl/N-ethyl adjacent to an activating group) is 2. The molecule has 0 spiro atoms. The number of hydrogen-bond donors (Lipinski definition) is 0. The molecule has 1 fully saturated rings. The fourth-order valence-electron chi connectivity index (χ4n) is 2.06. The van der Waals surface area contributed by atoms with Gasteiger partial charge in [0.05, 0.1) is 7.11 Å². The lowest BCUT2D eigenvalue weighted by Gasteiger charge is -2.12. The van der Waals surface area contributed by atoms with Crippen molar-refractivity contribution in [2.45, 2.75) is 0 Å². The molecular formula is C16H16N2O3S. The minimum Gasteiger partial charge on any atom is -0.493 e. The van der Waals surface area contributed by atoms with E-state index in [9.17, 15) is 4.79 Å². The van der Waals surface area contributed by atoms with Gasteiger partial charge in [0.15, 0.2) is 16.6 Å². The van der Waals surface area contributed by atoms with Crippen LogP contribution in [0, 0.1) is 12.3 Å². The summed E-state index contributed by atoms with van der Waals surface area (Å²) in [7, 11) is 4.96. The van der Waals surface area contributed by atoms with Crippen molar-refractivity contribution in [3.05, 3.63) is 29.5 Å². The molecule has 6 heteroatoms. The summed E-state index contributed by atoms with van der Waals surface area (Å²) in [6.07, 6.45) is 6.93. The molecule has 114 valence electrons. The second kappa shape index (κ2) is 6.50. The molecule has 0 aliphatic carbocycles. The average molecular weight is 316 g/mol. The van der Waals surface area contributed by atoms with Gasteiger partial charge < -0.3 is 14.4 Å². The van der Waals surface area contributed by atoms with Gasteiger partial charge in [-0.3, -0.25) is 9.69 Å². The number of carbonyl (C=O) groups excluding carboxylic acids is 1. The van der Waals surface area contributed by atoms with Gasteiger partial charge in [0.1, 0.15) is 12.3 Å². The maximum Gasteiger partial charge on any atom is 0.276 e. The quantitative estimate of drug-likeness (QED) is 0.481. The van der Waals surface area contributed by atoms with Gasteiger partial charge in [0.25, 0.3) is 5.91 Å². The highest BCUT2D eigenvalue weighted by atomic mass is 32.1. The van der Waals surface area contributed by atoms with E-state index in [1.165, 1.54) is 4.90 Å². The molecule has 0 atom stereocenters. The molecule has 1 amide bonds. The fourth-order valence-corrected chi connectivity index (χ4v) is 2.24. The molecule has 1 aliphatic heterocycles. The van der Waals surface area contributed by atoms with Crippen LogP contribution in [-0.2, 0) is 4.79 Å². The molecule has 22 heavy (non-hydrogen) atoms. The zero-order valence-electron chi connectivity index (χ0n) is 12.6. The number of thiocarbonyl (C=S) groups is 1. The molecular weight excluding hydrogens is 300 g/mol. The number of rotatable bonds is 4. The smallest absolute Gasteiger partial charge is 0.276 e. The summed E-state index contributed by atoms with van der Waals surface area (Å²) in [6.45, 7) is 0.164. The highest BCUT2D eigenvalue weighted by molar-refractivity contribution is 7.80. The van der Waals surface area contributed by atoms with E-state index >= 15 is 0 Å². The Bertz CT molecular complexity index is 691. The van der Waals surface area contributed by atoms with Crippen molar-refractivity contribution in [2.24, 2.45) is 0 Å². The maximum atomic E-state index is 12.1. The molecule has 1 heterocycles. The Balaban J connectivity index is 2.34. The normalized spacial score (nSPS) is 16.2. The first-order chi connectivity index (χ1) is 10.5. The van der Waals surface area contributed by atoms with Crippen LogP contribution < -0.4 is 9.47 Å². The monoisotopic (exact) mass is 316 g/mol. The van der Waals surface area contributed by atoms with Gasteiger partial charge in [-0.25, -0.2) is 0 Å². The molecule has 0 aromatic heterocycles. The Kier molecular flexibility index (Phi) is 4.68. The van der Waals surface area contributed by atoms with E-state index in [-0.39, 0.29) is 12.5 Å². The predicted molar refractivity (Wildman–Crippen MR) is 88.4 cm³/mol. The number of amides is 1. The topological polar surface area (TPSA) is 42.0 Å². The van der Waals surface area contributed by atoms with E-state index in [0.29, 0.717) is 22.3 Å². The van der Waals surface area contributed by atoms with Crippen LogP contribution in [0.1, 0.15) is 5.56 Å². The Morgan fingerprint density at radius 2 is 2.05 bits per heavy atom. The molecule has 5 nitrogen and oxygen atoms in total. The second-order valence-corrected chi connectivity index (χ2v) is 5.00. The van der Waals surface area contributed by atoms with E-state index in [4.69, 9.17) is 28.1 Å². The van der Waals surface area contributed by atoms with Crippen LogP contribution >= 0.6 is 12.2 Å². The van der Waals surface area contributed by atoms with Crippen LogP contribution in [0.25, 0.3) is 6.08 Å². The van der Waals surface area contributed by atoms with Crippen LogP contribution in [0.5, 0.6) is 11.5 Å². The Morgan fingerprint density at radius 3 is 2.59 bits per heavy atom. The highest BCUT2D eigenvalue weighted by Gasteiger charge is 2.32. The van der Waals surface area contributed by atoms with Crippen molar-refractivity contribution in [1.29, 1.82) is 0 Å². The fraction of sp³-hybridized carbons (Fsp3) is 0.250. The first kappa shape index (κ1) is 15.9. The minimum absolute atomic E-state index is 0.140. The number of benzene rings is 1. The summed E-state index contributed by atoms with van der Waals surface area (Å²) in [5.41, 5.74) is 1.31. The Hall–Kier alpha value is -2.52. The third kappa shape index (κ3) is 2.90. The van der Waals surface area contributed by atoms with Crippen LogP contribution in [0.4, 0.5) is 0 Å². The molecule has 1 aliphatic rings. The lowest BCUT2D eigenvalue weighted by atomic mass is 10.1. The van der Waals surface area contributed by atoms with Crippen molar-refractivity contribution in [3.8, 4) is 23.8 Å². The van der Waals surface area contributed by atoms with Gasteiger partial charge in [-0.15, -0.1) is 6.42 Å². The molecule has 1 aromatic carbocycles. The number of ether oxygens (including phenoxy) is 2. The van der Waals surface area contributed by atoms with Gasteiger partial charge in [0, 0.05) is 14.1 Å². The minimum atomic E-state index is -0.140. The van der Waals surface area contributed by atoms with Crippen LogP contribution in [0.3, 0.4) is 0 Å². The molecule has 0 unspecified atom stereocenters. The van der Waals surface area contributed by atoms with E-state index in [2.05, 4.69) is 5.92 Å². The molecule has 0 radical (unpaired) electrons. The molecule has 1 aromatic rings. The summed E-state index contributed by atoms with van der Waals surface area (Å²) in [4.78, 5) is 15.3. The lowest BCUT2D eigenvalue weighted by molar-refractivity contribution is -0.121. The van der Waals surface area contributed by atoms with Gasteiger partial charge in [0.2, 0.25) is 0 Å². The highest BCUT2D eigenvalue weighted by Crippen LogP contribution is 2.30. The number of terminal acetylenes is 1. The molecule has 0 saturated carbocycles. The third-order valence-corrected chi connectivity index (χ3v) is 3.81. The number of carbonyl (C=O) groups is 1. The zero-order chi connectivity index (χ0) is 16.3. The van der Waals surface area contributed by atoms with Crippen molar-refractivity contribution in [2.75, 3.05) is 27.8 Å². The van der Waals surface area contributed by atoms with Crippen molar-refractivity contribution < 1.29 is 14.3 Å². The predicted octanol–water partition coefficient (Wildman–Crippen LogP) is 1.74. The largest absolute Gasteiger partial charge is 0.493 e. The maximum absolute atomic E-state index is 12.1. The Morgan fingerprint density at radius 1 is 1.32 bits per heavy atom. The van der Waals surface area contributed by atoms with Gasteiger partial charge >= 0.3 is 0 Å². The SMILES string of the molecule is C#CCOc1ccc(/C=C2/C(=O)N(C)C(=S)N2C)cc1OC. The summed E-state index contributed by atoms with van der Waals surface area (Å²) >= 11 is 5.18. The zero-order valence-corrected chi connectivity index (χ0v) is 13.4. The number of nitrogens with zero attached hydrogens (tertiary/aromatic N) is 2. The van der Waals surface area contributed by atoms with Gasteiger partial charge in [-0.05, 0) is 36.0 Å². The molecule has 2 rings (SSSR count). The van der Waals surface area contributed by atoms with Crippen molar-refractivity contribution >= 4 is 29.3 Å². The van der Waals surface area contributed by atoms with Gasteiger partial charge in [-0.2, -0.15) is 0 Å². The van der Waals surface area contributed by atoms with Crippen molar-refractivity contribution in [1.82, 2.24) is 9.80 Å². The number of hydrogen-bond acceptors (Lipinski definition) is 4. The lowest BCUT2D eigenvalue weighted by Crippen LogP contribution is -2.26. The second-order valence-electron chi connectivity index (χ2n) is 4.64. The molecule has 0 bridgehead atoms. The average Bonchev–Trinajstić information content (AvgIpc) is 2.71. The summed E-state index contributed by atoms with van der Waals surface area (Å²) in [5.74, 6) is 3.37. The third-order valence-electron chi connectivity index (χ3n) is 3.26. The van der Waals surface area contributed by atoms with Gasteiger partial charge in [-0.1, -0.05) is 12.0 Å². The summed E-state index contributed by atoms with van der Waals surface area (Å²) in [6, 6.07) is 5.36. The first-order valence-electron chi connectivity index (χ1n) is 6.51. The van der Waals surface area contributed by atoms with Crippen LogP contribution in [-0.4, -0.2) is 48.6 Å². The van der Waals surface area contributed by atoms with E-state index in [1.807, 2.05) is 6.07 Å². The van der Waals surface area contributed by atoms with E-state index < -0.39 is 0 Å². The summed E-state index contributed by atoms with van der Waals surface area (Å²) < 4.78 is 10.7. The van der Waals surface area contributed by atoms with E-state index in [1.54, 1.807) is 44.3 Å². The van der Waals surface area contributed by atoms with Crippen LogP contribution in [0.2, 0.25) is 0 Å². The standard InChI is InChI=1S/C16H16N2O3S/c1-5-8-21-13-7-6-11(10-14(13)20-4)9-12-15(19)18(3)16(22)17(12)2/h1,6-7,9-10H,8H2,2-4H3/b12-9-. The molecule has 1 saturated heterocycles. The van der Waals surface area contributed by atoms with Crippen molar-refractivity contribution in [3.63, 3.8) is 0 Å². The number of methoxy groups -OCH3 is 1. The van der Waals surface area contributed by atoms with E-state index in [0.717, 1.165) is 5.56 Å².